The maximum atomic E-state index is 5.85. The van der Waals surface area contributed by atoms with Gasteiger partial charge in [-0.25, -0.2) is 4.98 Å². The summed E-state index contributed by atoms with van der Waals surface area (Å²) >= 11 is 0. The summed E-state index contributed by atoms with van der Waals surface area (Å²) in [6.07, 6.45) is 1.67. The molecule has 0 saturated heterocycles. The number of fused-ring (bicyclic) bond motifs is 1. The smallest absolute Gasteiger partial charge is 0.231 e. The second-order valence-corrected chi connectivity index (χ2v) is 4.48. The van der Waals surface area contributed by atoms with Crippen molar-refractivity contribution in [2.24, 2.45) is 5.73 Å². The fourth-order valence-electron chi connectivity index (χ4n) is 2.13. The summed E-state index contributed by atoms with van der Waals surface area (Å²) in [5, 5.41) is 0. The van der Waals surface area contributed by atoms with Crippen LogP contribution < -0.4 is 24.7 Å². The third-order valence-corrected chi connectivity index (χ3v) is 3.20. The molecule has 1 aromatic carbocycles. The Morgan fingerprint density at radius 3 is 2.81 bits per heavy atom. The van der Waals surface area contributed by atoms with Gasteiger partial charge in [0, 0.05) is 24.4 Å². The molecule has 2 aromatic rings. The van der Waals surface area contributed by atoms with Gasteiger partial charge >= 0.3 is 0 Å². The fraction of sp³-hybridized carbons (Fsp3) is 0.267. The largest absolute Gasteiger partial charge is 0.488 e. The SMILES string of the molecule is COc1ncccc1COc1cc2c(cc1CN)OCO2. The van der Waals surface area contributed by atoms with Crippen molar-refractivity contribution in [1.82, 2.24) is 4.98 Å². The van der Waals surface area contributed by atoms with Crippen LogP contribution in [-0.2, 0) is 13.2 Å². The number of benzene rings is 1. The summed E-state index contributed by atoms with van der Waals surface area (Å²) in [5.74, 6) is 2.59. The molecule has 1 aliphatic heterocycles. The van der Waals surface area contributed by atoms with Crippen molar-refractivity contribution >= 4 is 0 Å². The number of rotatable bonds is 5. The van der Waals surface area contributed by atoms with E-state index >= 15 is 0 Å². The molecule has 0 atom stereocenters. The monoisotopic (exact) mass is 288 g/mol. The molecule has 0 aliphatic carbocycles. The normalized spacial score (nSPS) is 12.3. The number of aromatic nitrogens is 1. The molecule has 0 saturated carbocycles. The topological polar surface area (TPSA) is 75.8 Å². The maximum absolute atomic E-state index is 5.85. The summed E-state index contributed by atoms with van der Waals surface area (Å²) in [6, 6.07) is 7.39. The van der Waals surface area contributed by atoms with Crippen LogP contribution in [0.1, 0.15) is 11.1 Å². The molecule has 0 spiro atoms. The molecule has 6 heteroatoms. The standard InChI is InChI=1S/C15H16N2O4/c1-18-15-10(3-2-4-17-15)8-19-12-6-14-13(20-9-21-14)5-11(12)7-16/h2-6H,7-9,16H2,1H3. The first-order chi connectivity index (χ1) is 10.3. The minimum absolute atomic E-state index is 0.221. The van der Waals surface area contributed by atoms with Crippen LogP contribution in [0, 0.1) is 0 Å². The Labute approximate surface area is 122 Å². The van der Waals surface area contributed by atoms with Gasteiger partial charge < -0.3 is 24.7 Å². The average molecular weight is 288 g/mol. The average Bonchev–Trinajstić information content (AvgIpc) is 2.99. The van der Waals surface area contributed by atoms with Crippen molar-refractivity contribution < 1.29 is 18.9 Å². The maximum Gasteiger partial charge on any atom is 0.231 e. The number of nitrogens with two attached hydrogens (primary N) is 1. The van der Waals surface area contributed by atoms with E-state index in [0.29, 0.717) is 36.3 Å². The second kappa shape index (κ2) is 5.88. The van der Waals surface area contributed by atoms with Crippen LogP contribution in [0.3, 0.4) is 0 Å². The lowest BCUT2D eigenvalue weighted by atomic mass is 10.1. The van der Waals surface area contributed by atoms with Crippen LogP contribution in [0.2, 0.25) is 0 Å². The van der Waals surface area contributed by atoms with Crippen molar-refractivity contribution in [2.45, 2.75) is 13.2 Å². The minimum atomic E-state index is 0.221. The Hall–Kier alpha value is -2.47. The number of hydrogen-bond donors (Lipinski definition) is 1. The van der Waals surface area contributed by atoms with E-state index in [4.69, 9.17) is 24.7 Å². The van der Waals surface area contributed by atoms with E-state index in [1.165, 1.54) is 0 Å². The number of ether oxygens (including phenoxy) is 4. The van der Waals surface area contributed by atoms with Gasteiger partial charge in [-0.05, 0) is 18.2 Å². The molecular weight excluding hydrogens is 272 g/mol. The molecule has 1 aromatic heterocycles. The Morgan fingerprint density at radius 2 is 2.05 bits per heavy atom. The molecule has 0 unspecified atom stereocenters. The number of methoxy groups -OCH3 is 1. The zero-order valence-electron chi connectivity index (χ0n) is 11.7. The molecule has 110 valence electrons. The van der Waals surface area contributed by atoms with Gasteiger partial charge in [0.15, 0.2) is 11.5 Å². The highest BCUT2D eigenvalue weighted by Crippen LogP contribution is 2.38. The van der Waals surface area contributed by atoms with Crippen molar-refractivity contribution in [3.63, 3.8) is 0 Å². The van der Waals surface area contributed by atoms with Crippen LogP contribution in [-0.4, -0.2) is 18.9 Å². The van der Waals surface area contributed by atoms with E-state index in [1.807, 2.05) is 18.2 Å². The van der Waals surface area contributed by atoms with E-state index in [9.17, 15) is 0 Å². The summed E-state index contributed by atoms with van der Waals surface area (Å²) < 4.78 is 21.7. The predicted molar refractivity (Wildman–Crippen MR) is 75.6 cm³/mol. The molecule has 2 heterocycles. The van der Waals surface area contributed by atoms with Crippen molar-refractivity contribution in [1.29, 1.82) is 0 Å². The number of pyridine rings is 1. The molecule has 6 nitrogen and oxygen atoms in total. The second-order valence-electron chi connectivity index (χ2n) is 4.48. The Morgan fingerprint density at radius 1 is 1.24 bits per heavy atom. The van der Waals surface area contributed by atoms with Gasteiger partial charge in [-0.1, -0.05) is 0 Å². The van der Waals surface area contributed by atoms with Crippen molar-refractivity contribution in [3.8, 4) is 23.1 Å². The van der Waals surface area contributed by atoms with E-state index < -0.39 is 0 Å². The molecule has 0 fully saturated rings. The van der Waals surface area contributed by atoms with Crippen LogP contribution in [0.5, 0.6) is 23.1 Å². The summed E-state index contributed by atoms with van der Waals surface area (Å²) in [5.41, 5.74) is 7.48. The summed E-state index contributed by atoms with van der Waals surface area (Å²) in [4.78, 5) is 4.14. The van der Waals surface area contributed by atoms with E-state index in [-0.39, 0.29) is 6.79 Å². The van der Waals surface area contributed by atoms with Crippen LogP contribution in [0.15, 0.2) is 30.5 Å². The highest BCUT2D eigenvalue weighted by molar-refractivity contribution is 5.51. The zero-order chi connectivity index (χ0) is 14.7. The van der Waals surface area contributed by atoms with Gasteiger partial charge in [0.25, 0.3) is 0 Å². The minimum Gasteiger partial charge on any atom is -0.488 e. The van der Waals surface area contributed by atoms with Crippen LogP contribution in [0.25, 0.3) is 0 Å². The first kappa shape index (κ1) is 13.5. The fourth-order valence-corrected chi connectivity index (χ4v) is 2.13. The first-order valence-corrected chi connectivity index (χ1v) is 6.55. The highest BCUT2D eigenvalue weighted by Gasteiger charge is 2.18. The molecule has 1 aliphatic rings. The van der Waals surface area contributed by atoms with Crippen molar-refractivity contribution in [2.75, 3.05) is 13.9 Å². The summed E-state index contributed by atoms with van der Waals surface area (Å²) in [7, 11) is 1.58. The lowest BCUT2D eigenvalue weighted by Crippen LogP contribution is -2.04. The molecule has 0 radical (unpaired) electrons. The van der Waals surface area contributed by atoms with Crippen LogP contribution >= 0.6 is 0 Å². The van der Waals surface area contributed by atoms with Gasteiger partial charge in [0.2, 0.25) is 12.7 Å². The van der Waals surface area contributed by atoms with E-state index in [1.54, 1.807) is 19.4 Å². The molecule has 0 amide bonds. The third kappa shape index (κ3) is 2.71. The third-order valence-electron chi connectivity index (χ3n) is 3.20. The van der Waals surface area contributed by atoms with Gasteiger partial charge in [0.1, 0.15) is 12.4 Å². The van der Waals surface area contributed by atoms with Gasteiger partial charge in [-0.2, -0.15) is 0 Å². The zero-order valence-corrected chi connectivity index (χ0v) is 11.7. The number of nitrogens with zero attached hydrogens (tertiary/aromatic N) is 1. The molecule has 3 rings (SSSR count). The molecule has 0 bridgehead atoms. The lowest BCUT2D eigenvalue weighted by molar-refractivity contribution is 0.173. The van der Waals surface area contributed by atoms with Gasteiger partial charge in [-0.15, -0.1) is 0 Å². The van der Waals surface area contributed by atoms with E-state index in [2.05, 4.69) is 4.98 Å². The number of hydrogen-bond acceptors (Lipinski definition) is 6. The predicted octanol–water partition coefficient (Wildman–Crippen LogP) is 1.86. The van der Waals surface area contributed by atoms with Gasteiger partial charge in [-0.3, -0.25) is 0 Å². The molecule has 2 N–H and O–H groups in total. The molecule has 21 heavy (non-hydrogen) atoms. The summed E-state index contributed by atoms with van der Waals surface area (Å²) in [6.45, 7) is 0.916. The Bertz CT molecular complexity index is 646. The lowest BCUT2D eigenvalue weighted by Gasteiger charge is -2.12. The Balaban J connectivity index is 1.81. The Kier molecular flexibility index (Phi) is 3.79. The quantitative estimate of drug-likeness (QED) is 0.905. The van der Waals surface area contributed by atoms with Crippen molar-refractivity contribution in [3.05, 3.63) is 41.6 Å². The molecular formula is C15H16N2O4. The van der Waals surface area contributed by atoms with Crippen LogP contribution in [0.4, 0.5) is 0 Å². The van der Waals surface area contributed by atoms with Gasteiger partial charge in [0.05, 0.1) is 12.7 Å². The van der Waals surface area contributed by atoms with E-state index in [0.717, 1.165) is 11.1 Å². The first-order valence-electron chi connectivity index (χ1n) is 6.55. The highest BCUT2D eigenvalue weighted by atomic mass is 16.7.